The number of benzodiazepines with no additional fused rings is 1. The third kappa shape index (κ3) is 4.23. The second-order valence-electron chi connectivity index (χ2n) is 8.80. The molecule has 0 saturated carbocycles. The molecule has 2 N–H and O–H groups in total. The van der Waals surface area contributed by atoms with Crippen molar-refractivity contribution in [1.29, 1.82) is 0 Å². The molecular weight excluding hydrogens is 518 g/mol. The first-order valence-corrected chi connectivity index (χ1v) is 12.2. The molecule has 0 radical (unpaired) electrons. The molecule has 40 heavy (non-hydrogen) atoms. The van der Waals surface area contributed by atoms with Crippen LogP contribution in [0.1, 0.15) is 21.5 Å². The summed E-state index contributed by atoms with van der Waals surface area (Å²) in [4.78, 5) is 35.9. The van der Waals surface area contributed by atoms with E-state index < -0.39 is 29.6 Å². The van der Waals surface area contributed by atoms with Gasteiger partial charge < -0.3 is 15.4 Å². The highest BCUT2D eigenvalue weighted by atomic mass is 19.1. The number of nitrogens with zero attached hydrogens (tertiary/aromatic N) is 4. The quantitative estimate of drug-likeness (QED) is 0.348. The number of aliphatic imine (C=N–C) groups is 1. The van der Waals surface area contributed by atoms with Crippen molar-refractivity contribution in [2.24, 2.45) is 4.99 Å². The smallest absolute Gasteiger partial charge is 0.269 e. The molecule has 2 aromatic heterocycles. The summed E-state index contributed by atoms with van der Waals surface area (Å²) in [5.41, 5.74) is 1.26. The zero-order valence-electron chi connectivity index (χ0n) is 20.9. The van der Waals surface area contributed by atoms with Crippen LogP contribution in [0.3, 0.4) is 0 Å². The summed E-state index contributed by atoms with van der Waals surface area (Å²) >= 11 is 0. The fourth-order valence-electron chi connectivity index (χ4n) is 4.55. The van der Waals surface area contributed by atoms with Gasteiger partial charge in [0.05, 0.1) is 18.5 Å². The van der Waals surface area contributed by atoms with E-state index in [-0.39, 0.29) is 33.9 Å². The largest absolute Gasteiger partial charge is 0.494 e. The third-order valence-electron chi connectivity index (χ3n) is 6.40. The van der Waals surface area contributed by atoms with Crippen molar-refractivity contribution in [3.8, 4) is 17.0 Å². The minimum atomic E-state index is -1.46. The van der Waals surface area contributed by atoms with E-state index in [4.69, 9.17) is 4.74 Å². The molecule has 9 nitrogen and oxygen atoms in total. The van der Waals surface area contributed by atoms with E-state index >= 15 is 4.39 Å². The predicted octanol–water partition coefficient (Wildman–Crippen LogP) is 4.23. The SMILES string of the molecule is COc1cccc(-c2nn3cccnc3c2C(=O)N[C@H]2N=C(c3ccccc3)c3cccc(F)c3NC2=O)c1F. The lowest BCUT2D eigenvalue weighted by molar-refractivity contribution is -0.117. The van der Waals surface area contributed by atoms with Gasteiger partial charge in [0.1, 0.15) is 17.1 Å². The first-order valence-electron chi connectivity index (χ1n) is 12.2. The molecule has 0 fully saturated rings. The number of hydrogen-bond donors (Lipinski definition) is 2. The summed E-state index contributed by atoms with van der Waals surface area (Å²) in [5, 5.41) is 9.54. The molecule has 1 aliphatic rings. The van der Waals surface area contributed by atoms with Crippen molar-refractivity contribution in [1.82, 2.24) is 19.9 Å². The molecular formula is C29H20F2N6O3. The molecule has 1 aliphatic heterocycles. The summed E-state index contributed by atoms with van der Waals surface area (Å²) in [7, 11) is 1.33. The lowest BCUT2D eigenvalue weighted by Crippen LogP contribution is -2.42. The summed E-state index contributed by atoms with van der Waals surface area (Å²) < 4.78 is 36.5. The number of carbonyl (C=O) groups excluding carboxylic acids is 2. The maximum atomic E-state index is 15.3. The molecule has 1 atom stereocenters. The molecule has 0 spiro atoms. The van der Waals surface area contributed by atoms with Crippen LogP contribution in [0.5, 0.6) is 5.75 Å². The fraction of sp³-hybridized carbons (Fsp3) is 0.0690. The van der Waals surface area contributed by atoms with Crippen molar-refractivity contribution in [3.05, 3.63) is 114 Å². The zero-order chi connectivity index (χ0) is 27.8. The highest BCUT2D eigenvalue weighted by Crippen LogP contribution is 2.32. The van der Waals surface area contributed by atoms with Gasteiger partial charge in [0.25, 0.3) is 11.8 Å². The minimum Gasteiger partial charge on any atom is -0.494 e. The first-order chi connectivity index (χ1) is 19.5. The number of aromatic nitrogens is 3. The Morgan fingerprint density at radius 1 is 1.00 bits per heavy atom. The number of amides is 2. The average molecular weight is 539 g/mol. The minimum absolute atomic E-state index is 0.00303. The van der Waals surface area contributed by atoms with Crippen LogP contribution in [-0.4, -0.2) is 45.4 Å². The highest BCUT2D eigenvalue weighted by Gasteiger charge is 2.32. The van der Waals surface area contributed by atoms with E-state index in [2.05, 4.69) is 25.7 Å². The van der Waals surface area contributed by atoms with Crippen LogP contribution in [-0.2, 0) is 4.79 Å². The first kappa shape index (κ1) is 24.9. The van der Waals surface area contributed by atoms with Gasteiger partial charge in [-0.25, -0.2) is 23.3 Å². The van der Waals surface area contributed by atoms with Crippen LogP contribution < -0.4 is 15.4 Å². The van der Waals surface area contributed by atoms with E-state index in [1.807, 2.05) is 6.07 Å². The molecule has 0 saturated heterocycles. The highest BCUT2D eigenvalue weighted by molar-refractivity contribution is 6.20. The number of fused-ring (bicyclic) bond motifs is 2. The van der Waals surface area contributed by atoms with Crippen molar-refractivity contribution in [3.63, 3.8) is 0 Å². The Balaban J connectivity index is 1.46. The van der Waals surface area contributed by atoms with Crippen LogP contribution in [0.25, 0.3) is 16.9 Å². The molecule has 0 unspecified atom stereocenters. The Morgan fingerprint density at radius 2 is 1.77 bits per heavy atom. The molecule has 0 bridgehead atoms. The summed E-state index contributed by atoms with van der Waals surface area (Å²) in [6, 6.07) is 19.3. The average Bonchev–Trinajstić information content (AvgIpc) is 3.29. The van der Waals surface area contributed by atoms with Crippen molar-refractivity contribution in [2.45, 2.75) is 6.17 Å². The number of anilines is 1. The Kier molecular flexibility index (Phi) is 6.23. The summed E-state index contributed by atoms with van der Waals surface area (Å²) in [5.74, 6) is -2.94. The Morgan fingerprint density at radius 3 is 2.58 bits per heavy atom. The van der Waals surface area contributed by atoms with Crippen LogP contribution >= 0.6 is 0 Å². The van der Waals surface area contributed by atoms with Gasteiger partial charge in [-0.3, -0.25) is 9.59 Å². The molecule has 11 heteroatoms. The maximum absolute atomic E-state index is 15.3. The predicted molar refractivity (Wildman–Crippen MR) is 143 cm³/mol. The topological polar surface area (TPSA) is 110 Å². The molecule has 5 aromatic rings. The molecule has 2 amide bonds. The lowest BCUT2D eigenvalue weighted by atomic mass is 10.0. The van der Waals surface area contributed by atoms with Gasteiger partial charge >= 0.3 is 0 Å². The lowest BCUT2D eigenvalue weighted by Gasteiger charge is -2.14. The van der Waals surface area contributed by atoms with Gasteiger partial charge in [-0.15, -0.1) is 0 Å². The number of benzene rings is 3. The number of methoxy groups -OCH3 is 1. The van der Waals surface area contributed by atoms with Crippen LogP contribution in [0.15, 0.2) is 90.2 Å². The number of halogens is 2. The molecule has 3 heterocycles. The van der Waals surface area contributed by atoms with E-state index in [1.165, 1.54) is 42.1 Å². The van der Waals surface area contributed by atoms with E-state index in [1.54, 1.807) is 48.7 Å². The third-order valence-corrected chi connectivity index (χ3v) is 6.40. The standard InChI is InChI=1S/C29H20F2N6O3/c1-40-20-13-6-10-17(22(20)31)25-21(27-32-14-7-15-37(27)36-25)28(38)35-26-29(39)34-24-18(11-5-12-19(24)30)23(33-26)16-8-3-2-4-9-16/h2-15,26H,1H3,(H,34,39)(H,35,38)/t26-/m1/s1. The molecule has 6 rings (SSSR count). The zero-order valence-corrected chi connectivity index (χ0v) is 20.9. The Bertz CT molecular complexity index is 1820. The summed E-state index contributed by atoms with van der Waals surface area (Å²) in [6.45, 7) is 0. The monoisotopic (exact) mass is 538 g/mol. The van der Waals surface area contributed by atoms with Crippen molar-refractivity contribution in [2.75, 3.05) is 12.4 Å². The van der Waals surface area contributed by atoms with Gasteiger partial charge in [-0.1, -0.05) is 48.5 Å². The van der Waals surface area contributed by atoms with Gasteiger partial charge in [0.15, 0.2) is 17.2 Å². The number of ether oxygens (including phenoxy) is 1. The van der Waals surface area contributed by atoms with Gasteiger partial charge in [0.2, 0.25) is 6.17 Å². The number of hydrogen-bond acceptors (Lipinski definition) is 6. The van der Waals surface area contributed by atoms with Crippen molar-refractivity contribution >= 4 is 28.9 Å². The van der Waals surface area contributed by atoms with Crippen LogP contribution in [0.4, 0.5) is 14.5 Å². The fourth-order valence-corrected chi connectivity index (χ4v) is 4.55. The number of carbonyl (C=O) groups is 2. The number of nitrogens with one attached hydrogen (secondary N) is 2. The van der Waals surface area contributed by atoms with Crippen LogP contribution in [0, 0.1) is 11.6 Å². The second-order valence-corrected chi connectivity index (χ2v) is 8.80. The summed E-state index contributed by atoms with van der Waals surface area (Å²) in [6.07, 6.45) is 1.56. The van der Waals surface area contributed by atoms with Gasteiger partial charge in [-0.05, 0) is 24.3 Å². The van der Waals surface area contributed by atoms with Gasteiger partial charge in [0, 0.05) is 29.1 Å². The maximum Gasteiger partial charge on any atom is 0.269 e. The molecule has 3 aromatic carbocycles. The second kappa shape index (κ2) is 10.0. The van der Waals surface area contributed by atoms with E-state index in [0.717, 1.165) is 0 Å². The van der Waals surface area contributed by atoms with Crippen LogP contribution in [0.2, 0.25) is 0 Å². The number of rotatable bonds is 5. The Hall–Kier alpha value is -5.45. The Labute approximate surface area is 226 Å². The normalized spacial score (nSPS) is 14.6. The van der Waals surface area contributed by atoms with E-state index in [0.29, 0.717) is 16.8 Å². The number of para-hydroxylation sites is 1. The van der Waals surface area contributed by atoms with E-state index in [9.17, 15) is 14.0 Å². The molecule has 198 valence electrons. The van der Waals surface area contributed by atoms with Gasteiger partial charge in [-0.2, -0.15) is 5.10 Å². The van der Waals surface area contributed by atoms with Crippen molar-refractivity contribution < 1.29 is 23.1 Å². The molecule has 0 aliphatic carbocycles.